The number of imidazole rings is 1. The van der Waals surface area contributed by atoms with Crippen molar-refractivity contribution in [2.75, 3.05) is 0 Å². The standard InChI is InChI=1S/C14H12FN3/c15-11-4-2-10(3-5-11)14-17-12-6-1-9(8-16)7-13(12)18-14/h1-7H,8,16H2,(H,17,18). The molecule has 0 fully saturated rings. The van der Waals surface area contributed by atoms with Gasteiger partial charge in [0, 0.05) is 12.1 Å². The van der Waals surface area contributed by atoms with Gasteiger partial charge in [0.15, 0.2) is 0 Å². The minimum absolute atomic E-state index is 0.250. The Morgan fingerprint density at radius 1 is 1.11 bits per heavy atom. The third-order valence-corrected chi connectivity index (χ3v) is 2.90. The number of benzene rings is 2. The molecule has 0 aliphatic heterocycles. The molecule has 3 N–H and O–H groups in total. The fourth-order valence-electron chi connectivity index (χ4n) is 1.93. The molecule has 0 unspecified atom stereocenters. The van der Waals surface area contributed by atoms with E-state index in [0.717, 1.165) is 28.0 Å². The van der Waals surface area contributed by atoms with Crippen LogP contribution in [-0.4, -0.2) is 9.97 Å². The van der Waals surface area contributed by atoms with Gasteiger partial charge < -0.3 is 10.7 Å². The molecule has 4 heteroatoms. The highest BCUT2D eigenvalue weighted by Gasteiger charge is 2.05. The first-order valence-corrected chi connectivity index (χ1v) is 5.71. The van der Waals surface area contributed by atoms with Crippen LogP contribution in [0.4, 0.5) is 4.39 Å². The Bertz CT molecular complexity index is 686. The molecule has 1 aromatic heterocycles. The van der Waals surface area contributed by atoms with Gasteiger partial charge >= 0.3 is 0 Å². The maximum absolute atomic E-state index is 12.9. The van der Waals surface area contributed by atoms with Crippen LogP contribution in [-0.2, 0) is 6.54 Å². The minimum Gasteiger partial charge on any atom is -0.338 e. The first-order chi connectivity index (χ1) is 8.76. The largest absolute Gasteiger partial charge is 0.338 e. The van der Waals surface area contributed by atoms with E-state index in [9.17, 15) is 4.39 Å². The maximum atomic E-state index is 12.9. The number of hydrogen-bond acceptors (Lipinski definition) is 2. The molecular weight excluding hydrogens is 229 g/mol. The monoisotopic (exact) mass is 241 g/mol. The molecular formula is C14H12FN3. The van der Waals surface area contributed by atoms with Crippen LogP contribution >= 0.6 is 0 Å². The number of nitrogens with zero attached hydrogens (tertiary/aromatic N) is 1. The van der Waals surface area contributed by atoms with E-state index in [0.29, 0.717) is 6.54 Å². The summed E-state index contributed by atoms with van der Waals surface area (Å²) >= 11 is 0. The van der Waals surface area contributed by atoms with E-state index >= 15 is 0 Å². The number of rotatable bonds is 2. The van der Waals surface area contributed by atoms with Crippen LogP contribution in [0.1, 0.15) is 5.56 Å². The van der Waals surface area contributed by atoms with Gasteiger partial charge in [-0.25, -0.2) is 9.37 Å². The minimum atomic E-state index is -0.250. The number of H-pyrrole nitrogens is 1. The summed E-state index contributed by atoms with van der Waals surface area (Å²) in [6.45, 7) is 0.501. The van der Waals surface area contributed by atoms with Crippen LogP contribution in [0.25, 0.3) is 22.4 Å². The van der Waals surface area contributed by atoms with E-state index < -0.39 is 0 Å². The summed E-state index contributed by atoms with van der Waals surface area (Å²) in [7, 11) is 0. The summed E-state index contributed by atoms with van der Waals surface area (Å²) in [5, 5.41) is 0. The molecule has 90 valence electrons. The van der Waals surface area contributed by atoms with Gasteiger partial charge in [-0.1, -0.05) is 6.07 Å². The molecule has 0 spiro atoms. The highest BCUT2D eigenvalue weighted by atomic mass is 19.1. The van der Waals surface area contributed by atoms with E-state index in [1.54, 1.807) is 12.1 Å². The zero-order valence-electron chi connectivity index (χ0n) is 9.65. The summed E-state index contributed by atoms with van der Waals surface area (Å²) in [6, 6.07) is 12.1. The summed E-state index contributed by atoms with van der Waals surface area (Å²) in [4.78, 5) is 7.69. The Balaban J connectivity index is 2.10. The molecule has 0 saturated heterocycles. The van der Waals surface area contributed by atoms with E-state index in [2.05, 4.69) is 9.97 Å². The molecule has 1 heterocycles. The lowest BCUT2D eigenvalue weighted by atomic mass is 10.2. The van der Waals surface area contributed by atoms with Gasteiger partial charge in [0.25, 0.3) is 0 Å². The van der Waals surface area contributed by atoms with Gasteiger partial charge in [-0.3, -0.25) is 0 Å². The smallest absolute Gasteiger partial charge is 0.138 e. The van der Waals surface area contributed by atoms with Crippen LogP contribution in [0.3, 0.4) is 0 Å². The van der Waals surface area contributed by atoms with Crippen LogP contribution in [0.15, 0.2) is 42.5 Å². The summed E-state index contributed by atoms with van der Waals surface area (Å²) in [5.41, 5.74) is 9.34. The van der Waals surface area contributed by atoms with Gasteiger partial charge in [0.05, 0.1) is 11.0 Å². The fraction of sp³-hybridized carbons (Fsp3) is 0.0714. The zero-order valence-corrected chi connectivity index (χ0v) is 9.65. The number of fused-ring (bicyclic) bond motifs is 1. The third-order valence-electron chi connectivity index (χ3n) is 2.90. The van der Waals surface area contributed by atoms with Crippen LogP contribution in [0, 0.1) is 5.82 Å². The van der Waals surface area contributed by atoms with Crippen molar-refractivity contribution in [1.29, 1.82) is 0 Å². The van der Waals surface area contributed by atoms with Crippen molar-refractivity contribution < 1.29 is 4.39 Å². The van der Waals surface area contributed by atoms with Gasteiger partial charge in [-0.2, -0.15) is 0 Å². The van der Waals surface area contributed by atoms with Crippen molar-refractivity contribution in [2.24, 2.45) is 5.73 Å². The van der Waals surface area contributed by atoms with Gasteiger partial charge in [-0.05, 0) is 42.0 Å². The molecule has 3 rings (SSSR count). The van der Waals surface area contributed by atoms with Gasteiger partial charge in [0.2, 0.25) is 0 Å². The molecule has 0 atom stereocenters. The number of nitrogens with one attached hydrogen (secondary N) is 1. The number of hydrogen-bond donors (Lipinski definition) is 2. The number of aromatic nitrogens is 2. The maximum Gasteiger partial charge on any atom is 0.138 e. The molecule has 0 saturated carbocycles. The number of nitrogens with two attached hydrogens (primary N) is 1. The quantitative estimate of drug-likeness (QED) is 0.724. The molecule has 0 radical (unpaired) electrons. The van der Waals surface area contributed by atoms with E-state index in [4.69, 9.17) is 5.73 Å². The Labute approximate surface area is 103 Å². The van der Waals surface area contributed by atoms with Crippen LogP contribution < -0.4 is 5.73 Å². The van der Waals surface area contributed by atoms with Gasteiger partial charge in [-0.15, -0.1) is 0 Å². The average Bonchev–Trinajstić information content (AvgIpc) is 2.82. The van der Waals surface area contributed by atoms with E-state index in [1.165, 1.54) is 12.1 Å². The van der Waals surface area contributed by atoms with Crippen LogP contribution in [0.5, 0.6) is 0 Å². The first kappa shape index (κ1) is 10.9. The molecule has 0 aliphatic rings. The Hall–Kier alpha value is -2.20. The number of aromatic amines is 1. The lowest BCUT2D eigenvalue weighted by molar-refractivity contribution is 0.628. The van der Waals surface area contributed by atoms with Crippen molar-refractivity contribution in [1.82, 2.24) is 9.97 Å². The van der Waals surface area contributed by atoms with E-state index in [1.807, 2.05) is 18.2 Å². The molecule has 0 amide bonds. The molecule has 3 nitrogen and oxygen atoms in total. The lowest BCUT2D eigenvalue weighted by Crippen LogP contribution is -1.95. The predicted molar refractivity (Wildman–Crippen MR) is 69.4 cm³/mol. The molecule has 18 heavy (non-hydrogen) atoms. The Morgan fingerprint density at radius 2 is 1.89 bits per heavy atom. The Morgan fingerprint density at radius 3 is 2.61 bits per heavy atom. The topological polar surface area (TPSA) is 54.7 Å². The molecule has 0 aliphatic carbocycles. The summed E-state index contributed by atoms with van der Waals surface area (Å²) in [5.74, 6) is 0.486. The highest BCUT2D eigenvalue weighted by molar-refractivity contribution is 5.80. The fourth-order valence-corrected chi connectivity index (χ4v) is 1.93. The van der Waals surface area contributed by atoms with Gasteiger partial charge in [0.1, 0.15) is 11.6 Å². The molecule has 2 aromatic carbocycles. The zero-order chi connectivity index (χ0) is 12.5. The molecule has 3 aromatic rings. The number of halogens is 1. The van der Waals surface area contributed by atoms with Crippen molar-refractivity contribution >= 4 is 11.0 Å². The summed E-state index contributed by atoms with van der Waals surface area (Å²) in [6.07, 6.45) is 0. The highest BCUT2D eigenvalue weighted by Crippen LogP contribution is 2.21. The second kappa shape index (κ2) is 4.23. The SMILES string of the molecule is NCc1ccc2nc(-c3ccc(F)cc3)[nH]c2c1. The predicted octanol–water partition coefficient (Wildman–Crippen LogP) is 2.83. The normalized spacial score (nSPS) is 11.0. The van der Waals surface area contributed by atoms with E-state index in [-0.39, 0.29) is 5.82 Å². The first-order valence-electron chi connectivity index (χ1n) is 5.71. The Kier molecular flexibility index (Phi) is 2.57. The average molecular weight is 241 g/mol. The third kappa shape index (κ3) is 1.87. The molecule has 0 bridgehead atoms. The van der Waals surface area contributed by atoms with Crippen LogP contribution in [0.2, 0.25) is 0 Å². The van der Waals surface area contributed by atoms with Crippen molar-refractivity contribution in [3.05, 3.63) is 53.8 Å². The van der Waals surface area contributed by atoms with Crippen molar-refractivity contribution in [3.63, 3.8) is 0 Å². The lowest BCUT2D eigenvalue weighted by Gasteiger charge is -1.95. The second-order valence-corrected chi connectivity index (χ2v) is 4.15. The van der Waals surface area contributed by atoms with Crippen molar-refractivity contribution in [2.45, 2.75) is 6.54 Å². The van der Waals surface area contributed by atoms with Crippen molar-refractivity contribution in [3.8, 4) is 11.4 Å². The summed E-state index contributed by atoms with van der Waals surface area (Å²) < 4.78 is 12.9. The second-order valence-electron chi connectivity index (χ2n) is 4.15.